The van der Waals surface area contributed by atoms with Crippen molar-refractivity contribution in [3.63, 3.8) is 0 Å². The van der Waals surface area contributed by atoms with Crippen molar-refractivity contribution in [2.75, 3.05) is 10.6 Å². The molecule has 2 amide bonds. The van der Waals surface area contributed by atoms with E-state index in [1.807, 2.05) is 0 Å². The minimum Gasteiger partial charge on any atom is -0.326 e. The molecule has 2 N–H and O–H groups in total. The third-order valence-corrected chi connectivity index (χ3v) is 7.31. The Labute approximate surface area is 215 Å². The van der Waals surface area contributed by atoms with Crippen LogP contribution in [0, 0.1) is 23.4 Å². The Hall–Kier alpha value is -2.26. The number of carbonyl (C=O) groups is 2. The van der Waals surface area contributed by atoms with E-state index < -0.39 is 45.4 Å². The lowest BCUT2D eigenvalue weighted by Gasteiger charge is -2.10. The molecule has 34 heavy (non-hydrogen) atoms. The van der Waals surface area contributed by atoms with E-state index in [0.717, 1.165) is 12.1 Å². The molecule has 1 fully saturated rings. The fourth-order valence-corrected chi connectivity index (χ4v) is 4.81. The van der Waals surface area contributed by atoms with Crippen molar-refractivity contribution in [2.45, 2.75) is 10.3 Å². The van der Waals surface area contributed by atoms with Gasteiger partial charge in [0, 0.05) is 17.3 Å². The summed E-state index contributed by atoms with van der Waals surface area (Å²) in [7, 11) is 0. The molecule has 2 atom stereocenters. The average molecular weight is 593 g/mol. The van der Waals surface area contributed by atoms with Gasteiger partial charge in [0.2, 0.25) is 5.91 Å². The number of amides is 2. The number of hydrogen-bond donors (Lipinski definition) is 2. The number of benzene rings is 3. The predicted molar refractivity (Wildman–Crippen MR) is 129 cm³/mol. The summed E-state index contributed by atoms with van der Waals surface area (Å²) in [5.41, 5.74) is 0.761. The minimum atomic E-state index is -1.58. The van der Waals surface area contributed by atoms with Crippen molar-refractivity contribution in [3.8, 4) is 0 Å². The Kier molecular flexibility index (Phi) is 6.88. The van der Waals surface area contributed by atoms with Crippen LogP contribution in [0.25, 0.3) is 0 Å². The summed E-state index contributed by atoms with van der Waals surface area (Å²) in [6.45, 7) is 0. The average Bonchev–Trinajstić information content (AvgIpc) is 3.36. The smallest absolute Gasteiger partial charge is 0.257 e. The summed E-state index contributed by atoms with van der Waals surface area (Å²) >= 11 is 21.4. The molecule has 0 aliphatic heterocycles. The van der Waals surface area contributed by atoms with Crippen LogP contribution >= 0.6 is 50.7 Å². The van der Waals surface area contributed by atoms with Crippen molar-refractivity contribution in [1.82, 2.24) is 0 Å². The Morgan fingerprint density at radius 2 is 1.47 bits per heavy atom. The number of carbonyl (C=O) groups excluding carboxylic acids is 2. The van der Waals surface area contributed by atoms with Gasteiger partial charge in [0.05, 0.1) is 21.0 Å². The molecular formula is C23H13BrCl3F3N2O2. The van der Waals surface area contributed by atoms with Crippen molar-refractivity contribution >= 4 is 73.9 Å². The molecule has 4 rings (SSSR count). The van der Waals surface area contributed by atoms with Crippen LogP contribution in [0.3, 0.4) is 0 Å². The topological polar surface area (TPSA) is 58.2 Å². The van der Waals surface area contributed by atoms with E-state index in [1.54, 1.807) is 0 Å². The van der Waals surface area contributed by atoms with Crippen LogP contribution < -0.4 is 10.6 Å². The van der Waals surface area contributed by atoms with Crippen molar-refractivity contribution in [2.24, 2.45) is 5.92 Å². The van der Waals surface area contributed by atoms with Gasteiger partial charge in [0.25, 0.3) is 5.91 Å². The van der Waals surface area contributed by atoms with Gasteiger partial charge in [0.15, 0.2) is 0 Å². The number of halogens is 7. The molecule has 176 valence electrons. The zero-order chi connectivity index (χ0) is 24.8. The lowest BCUT2D eigenvalue weighted by molar-refractivity contribution is -0.117. The first-order valence-electron chi connectivity index (χ1n) is 9.68. The quantitative estimate of drug-likeness (QED) is 0.241. The van der Waals surface area contributed by atoms with Crippen LogP contribution in [0.5, 0.6) is 0 Å². The summed E-state index contributed by atoms with van der Waals surface area (Å²) in [4.78, 5) is 25.5. The SMILES string of the molecule is O=C(Nc1ccc(F)cc1)c1cc(NC(=O)[C@@H]2[C@@H](c3cc(F)c(Br)c(F)c3)C2(Cl)Cl)ccc1Cl. The molecule has 0 spiro atoms. The predicted octanol–water partition coefficient (Wildman–Crippen LogP) is 7.30. The largest absolute Gasteiger partial charge is 0.326 e. The molecule has 0 aromatic heterocycles. The lowest BCUT2D eigenvalue weighted by Crippen LogP contribution is -2.18. The molecule has 0 radical (unpaired) electrons. The van der Waals surface area contributed by atoms with E-state index in [0.29, 0.717) is 5.69 Å². The van der Waals surface area contributed by atoms with Crippen LogP contribution in [0.4, 0.5) is 24.5 Å². The first-order chi connectivity index (χ1) is 16.0. The third kappa shape index (κ3) is 4.91. The number of rotatable bonds is 5. The number of alkyl halides is 2. The van der Waals surface area contributed by atoms with E-state index in [1.165, 1.54) is 42.5 Å². The van der Waals surface area contributed by atoms with E-state index in [4.69, 9.17) is 34.8 Å². The second-order valence-corrected chi connectivity index (χ2v) is 10.2. The maximum absolute atomic E-state index is 13.9. The Morgan fingerprint density at radius 3 is 2.09 bits per heavy atom. The van der Waals surface area contributed by atoms with Crippen LogP contribution in [-0.4, -0.2) is 16.1 Å². The van der Waals surface area contributed by atoms with Gasteiger partial charge in [-0.15, -0.1) is 23.2 Å². The molecule has 0 saturated heterocycles. The van der Waals surface area contributed by atoms with Gasteiger partial charge in [-0.05, 0) is 76.1 Å². The van der Waals surface area contributed by atoms with Crippen LogP contribution in [-0.2, 0) is 4.79 Å². The molecule has 3 aromatic rings. The highest BCUT2D eigenvalue weighted by molar-refractivity contribution is 9.10. The highest BCUT2D eigenvalue weighted by Crippen LogP contribution is 2.65. The van der Waals surface area contributed by atoms with E-state index in [2.05, 4.69) is 26.6 Å². The summed E-state index contributed by atoms with van der Waals surface area (Å²) < 4.78 is 39.1. The molecule has 3 aromatic carbocycles. The van der Waals surface area contributed by atoms with E-state index >= 15 is 0 Å². The van der Waals surface area contributed by atoms with Crippen molar-refractivity contribution in [3.05, 3.63) is 92.7 Å². The fourth-order valence-electron chi connectivity index (χ4n) is 3.55. The van der Waals surface area contributed by atoms with E-state index in [-0.39, 0.29) is 26.3 Å². The highest BCUT2D eigenvalue weighted by atomic mass is 79.9. The van der Waals surface area contributed by atoms with Crippen LogP contribution in [0.2, 0.25) is 5.02 Å². The molecule has 11 heteroatoms. The molecule has 4 nitrogen and oxygen atoms in total. The van der Waals surface area contributed by atoms with Gasteiger partial charge in [-0.2, -0.15) is 0 Å². The zero-order valence-electron chi connectivity index (χ0n) is 16.8. The molecule has 0 heterocycles. The van der Waals surface area contributed by atoms with Crippen molar-refractivity contribution < 1.29 is 22.8 Å². The normalized spacial score (nSPS) is 18.3. The number of nitrogens with one attached hydrogen (secondary N) is 2. The summed E-state index contributed by atoms with van der Waals surface area (Å²) in [6, 6.07) is 11.5. The molecule has 1 saturated carbocycles. The highest BCUT2D eigenvalue weighted by Gasteiger charge is 2.67. The lowest BCUT2D eigenvalue weighted by atomic mass is 10.1. The van der Waals surface area contributed by atoms with Crippen LogP contribution in [0.15, 0.2) is 59.1 Å². The maximum atomic E-state index is 13.9. The Bertz CT molecular complexity index is 1280. The summed E-state index contributed by atoms with van der Waals surface area (Å²) in [6.07, 6.45) is 0. The molecule has 1 aliphatic carbocycles. The van der Waals surface area contributed by atoms with Gasteiger partial charge in [-0.1, -0.05) is 11.6 Å². The summed E-state index contributed by atoms with van der Waals surface area (Å²) in [5.74, 6) is -5.18. The van der Waals surface area contributed by atoms with Gasteiger partial charge in [0.1, 0.15) is 21.8 Å². The molecule has 1 aliphatic rings. The monoisotopic (exact) mass is 590 g/mol. The maximum Gasteiger partial charge on any atom is 0.257 e. The zero-order valence-corrected chi connectivity index (χ0v) is 20.7. The van der Waals surface area contributed by atoms with E-state index in [9.17, 15) is 22.8 Å². The Balaban J connectivity index is 1.51. The van der Waals surface area contributed by atoms with Crippen molar-refractivity contribution in [1.29, 1.82) is 0 Å². The first kappa shape index (κ1) is 24.9. The third-order valence-electron chi connectivity index (χ3n) is 5.28. The molecule has 0 unspecified atom stereocenters. The van der Waals surface area contributed by atoms with Gasteiger partial charge in [-0.3, -0.25) is 9.59 Å². The second-order valence-electron chi connectivity index (χ2n) is 7.57. The van der Waals surface area contributed by atoms with Gasteiger partial charge >= 0.3 is 0 Å². The Morgan fingerprint density at radius 1 is 0.882 bits per heavy atom. The molecule has 0 bridgehead atoms. The van der Waals surface area contributed by atoms with Crippen LogP contribution in [0.1, 0.15) is 21.8 Å². The van der Waals surface area contributed by atoms with Gasteiger partial charge in [-0.25, -0.2) is 13.2 Å². The minimum absolute atomic E-state index is 0.0520. The number of anilines is 2. The first-order valence-corrected chi connectivity index (χ1v) is 11.6. The summed E-state index contributed by atoms with van der Waals surface area (Å²) in [5, 5.41) is 5.30. The molecular weight excluding hydrogens is 580 g/mol. The number of hydrogen-bond acceptors (Lipinski definition) is 2. The fraction of sp³-hybridized carbons (Fsp3) is 0.130. The standard InChI is InChI=1S/C23H13BrCl3F3N2O2/c24-20-16(29)7-10(8-17(20)30)18-19(23(18,26)27)22(34)32-13-5-6-15(25)14(9-13)21(33)31-12-3-1-11(28)2-4-12/h1-9,18-19H,(H,31,33)(H,32,34)/t18-,19+/m1/s1. The van der Waals surface area contributed by atoms with Gasteiger partial charge < -0.3 is 10.6 Å². The second kappa shape index (κ2) is 9.41.